The van der Waals surface area contributed by atoms with Crippen LogP contribution in [0.2, 0.25) is 5.02 Å². The van der Waals surface area contributed by atoms with E-state index in [9.17, 15) is 18.0 Å². The van der Waals surface area contributed by atoms with Gasteiger partial charge in [0.2, 0.25) is 11.8 Å². The zero-order valence-corrected chi connectivity index (χ0v) is 27.7. The van der Waals surface area contributed by atoms with Crippen molar-refractivity contribution < 1.29 is 22.7 Å². The van der Waals surface area contributed by atoms with E-state index in [2.05, 4.69) is 5.32 Å². The molecule has 0 aliphatic heterocycles. The summed E-state index contributed by atoms with van der Waals surface area (Å²) in [5.41, 5.74) is 1.81. The lowest BCUT2D eigenvalue weighted by Crippen LogP contribution is -2.53. The van der Waals surface area contributed by atoms with Gasteiger partial charge in [0.15, 0.2) is 0 Å². The summed E-state index contributed by atoms with van der Waals surface area (Å²) in [4.78, 5) is 29.8. The molecule has 242 valence electrons. The zero-order chi connectivity index (χ0) is 32.9. The summed E-state index contributed by atoms with van der Waals surface area (Å²) in [6.07, 6.45) is 1.90. The number of anilines is 1. The number of carbonyl (C=O) groups is 2. The Labute approximate surface area is 277 Å². The van der Waals surface area contributed by atoms with Crippen molar-refractivity contribution in [2.75, 3.05) is 24.0 Å². The maximum absolute atomic E-state index is 14.5. The Balaban J connectivity index is 1.77. The van der Waals surface area contributed by atoms with Crippen molar-refractivity contribution in [3.63, 3.8) is 0 Å². The van der Waals surface area contributed by atoms with E-state index in [0.29, 0.717) is 35.2 Å². The number of benzene rings is 4. The second kappa shape index (κ2) is 16.8. The number of unbranched alkanes of at least 4 members (excludes halogenated alkanes) is 1. The van der Waals surface area contributed by atoms with Gasteiger partial charge in [-0.1, -0.05) is 91.7 Å². The minimum atomic E-state index is -4.21. The van der Waals surface area contributed by atoms with Crippen molar-refractivity contribution in [1.82, 2.24) is 10.2 Å². The molecule has 2 amide bonds. The molecule has 1 N–H and O–H groups in total. The van der Waals surface area contributed by atoms with Crippen LogP contribution in [-0.2, 0) is 32.6 Å². The lowest BCUT2D eigenvalue weighted by Gasteiger charge is -2.34. The van der Waals surface area contributed by atoms with Crippen molar-refractivity contribution in [3.8, 4) is 5.75 Å². The fourth-order valence-corrected chi connectivity index (χ4v) is 6.60. The van der Waals surface area contributed by atoms with Crippen molar-refractivity contribution in [1.29, 1.82) is 0 Å². The van der Waals surface area contributed by atoms with Crippen LogP contribution in [0, 0.1) is 0 Å². The molecule has 8 nitrogen and oxygen atoms in total. The molecule has 4 aromatic rings. The topological polar surface area (TPSA) is 96.0 Å². The maximum atomic E-state index is 14.5. The summed E-state index contributed by atoms with van der Waals surface area (Å²) in [7, 11) is -4.21. The van der Waals surface area contributed by atoms with Gasteiger partial charge in [-0.3, -0.25) is 13.9 Å². The first-order chi connectivity index (χ1) is 22.2. The van der Waals surface area contributed by atoms with Crippen LogP contribution < -0.4 is 14.4 Å². The van der Waals surface area contributed by atoms with Gasteiger partial charge in [-0.2, -0.15) is 0 Å². The molecule has 0 radical (unpaired) electrons. The van der Waals surface area contributed by atoms with E-state index in [1.165, 1.54) is 17.0 Å². The van der Waals surface area contributed by atoms with Crippen LogP contribution in [0.5, 0.6) is 5.75 Å². The summed E-state index contributed by atoms with van der Waals surface area (Å²) in [6.45, 7) is 4.23. The van der Waals surface area contributed by atoms with E-state index < -0.39 is 28.5 Å². The van der Waals surface area contributed by atoms with Gasteiger partial charge in [0.1, 0.15) is 18.3 Å². The SMILES string of the molecule is CCCCNC(=O)[C@H](Cc1ccccc1)N(Cc1ccccc1Cl)C(=O)CN(c1ccccc1)S(=O)(=O)c1ccc(OCC)cc1. The standard InChI is InChI=1S/C36H40ClN3O5S/c1-3-5-24-38-36(42)34(25-28-14-8-6-9-15-28)39(26-29-16-12-13-19-33(29)37)35(41)27-40(30-17-10-7-11-18-30)46(43,44)32-22-20-31(21-23-32)45-4-2/h6-23,34H,3-5,24-27H2,1-2H3,(H,38,42)/t34-/m0/s1. The number of amides is 2. The Morgan fingerprint density at radius 1 is 0.848 bits per heavy atom. The molecule has 0 fully saturated rings. The minimum Gasteiger partial charge on any atom is -0.494 e. The molecule has 4 rings (SSSR count). The van der Waals surface area contributed by atoms with E-state index in [1.807, 2.05) is 50.2 Å². The summed E-state index contributed by atoms with van der Waals surface area (Å²) < 4.78 is 34.9. The fraction of sp³-hybridized carbons (Fsp3) is 0.278. The number of sulfonamides is 1. The second-order valence-corrected chi connectivity index (χ2v) is 13.0. The van der Waals surface area contributed by atoms with Gasteiger partial charge in [-0.05, 0) is 66.9 Å². The van der Waals surface area contributed by atoms with Crippen LogP contribution in [0.3, 0.4) is 0 Å². The molecule has 46 heavy (non-hydrogen) atoms. The molecule has 0 saturated carbocycles. The number of para-hydroxylation sites is 1. The van der Waals surface area contributed by atoms with Crippen molar-refractivity contribution in [3.05, 3.63) is 125 Å². The molecule has 0 saturated heterocycles. The van der Waals surface area contributed by atoms with Gasteiger partial charge in [0.25, 0.3) is 10.0 Å². The monoisotopic (exact) mass is 661 g/mol. The predicted octanol–water partition coefficient (Wildman–Crippen LogP) is 6.49. The van der Waals surface area contributed by atoms with E-state index in [-0.39, 0.29) is 23.8 Å². The van der Waals surface area contributed by atoms with Crippen LogP contribution in [0.25, 0.3) is 0 Å². The van der Waals surface area contributed by atoms with Gasteiger partial charge >= 0.3 is 0 Å². The zero-order valence-electron chi connectivity index (χ0n) is 26.1. The predicted molar refractivity (Wildman–Crippen MR) is 182 cm³/mol. The third-order valence-electron chi connectivity index (χ3n) is 7.44. The molecule has 0 bridgehead atoms. The summed E-state index contributed by atoms with van der Waals surface area (Å²) >= 11 is 6.55. The summed E-state index contributed by atoms with van der Waals surface area (Å²) in [6, 6.07) is 30.2. The molecule has 1 atom stereocenters. The molecule has 0 aliphatic rings. The van der Waals surface area contributed by atoms with Crippen molar-refractivity contribution in [2.45, 2.75) is 50.6 Å². The fourth-order valence-electron chi connectivity index (χ4n) is 5.00. The van der Waals surface area contributed by atoms with Crippen molar-refractivity contribution >= 4 is 39.1 Å². The maximum Gasteiger partial charge on any atom is 0.264 e. The molecule has 0 spiro atoms. The Bertz CT molecular complexity index is 1670. The number of ether oxygens (including phenoxy) is 1. The normalized spacial score (nSPS) is 11.8. The average Bonchev–Trinajstić information content (AvgIpc) is 3.07. The number of nitrogens with one attached hydrogen (secondary N) is 1. The van der Waals surface area contributed by atoms with E-state index in [1.54, 1.807) is 60.7 Å². The largest absolute Gasteiger partial charge is 0.494 e. The third kappa shape index (κ3) is 9.11. The highest BCUT2D eigenvalue weighted by molar-refractivity contribution is 7.92. The Hall–Kier alpha value is -4.34. The second-order valence-electron chi connectivity index (χ2n) is 10.7. The molecular formula is C36H40ClN3O5S. The van der Waals surface area contributed by atoms with E-state index in [0.717, 1.165) is 22.7 Å². The third-order valence-corrected chi connectivity index (χ3v) is 9.60. The van der Waals surface area contributed by atoms with Gasteiger partial charge in [0, 0.05) is 24.5 Å². The number of hydrogen-bond acceptors (Lipinski definition) is 5. The molecule has 0 aliphatic carbocycles. The summed E-state index contributed by atoms with van der Waals surface area (Å²) in [5.74, 6) is -0.337. The first-order valence-corrected chi connectivity index (χ1v) is 17.2. The number of rotatable bonds is 16. The lowest BCUT2D eigenvalue weighted by atomic mass is 10.0. The van der Waals surface area contributed by atoms with Crippen LogP contribution in [0.1, 0.15) is 37.8 Å². The smallest absolute Gasteiger partial charge is 0.264 e. The highest BCUT2D eigenvalue weighted by Gasteiger charge is 2.34. The van der Waals surface area contributed by atoms with Crippen LogP contribution in [-0.4, -0.2) is 50.9 Å². The molecule has 10 heteroatoms. The Morgan fingerprint density at radius 2 is 1.48 bits per heavy atom. The van der Waals surface area contributed by atoms with E-state index in [4.69, 9.17) is 16.3 Å². The van der Waals surface area contributed by atoms with Gasteiger partial charge in [0.05, 0.1) is 17.2 Å². The first-order valence-electron chi connectivity index (χ1n) is 15.4. The molecule has 0 aromatic heterocycles. The lowest BCUT2D eigenvalue weighted by molar-refractivity contribution is -0.140. The molecule has 0 unspecified atom stereocenters. The highest BCUT2D eigenvalue weighted by Crippen LogP contribution is 2.27. The molecule has 4 aromatic carbocycles. The minimum absolute atomic E-state index is 0.00291. The van der Waals surface area contributed by atoms with Crippen LogP contribution in [0.15, 0.2) is 114 Å². The Morgan fingerprint density at radius 3 is 2.11 bits per heavy atom. The molecule has 0 heterocycles. The Kier molecular flexibility index (Phi) is 12.6. The van der Waals surface area contributed by atoms with Gasteiger partial charge in [-0.25, -0.2) is 8.42 Å². The number of hydrogen-bond donors (Lipinski definition) is 1. The van der Waals surface area contributed by atoms with Crippen LogP contribution >= 0.6 is 11.6 Å². The van der Waals surface area contributed by atoms with Crippen LogP contribution in [0.4, 0.5) is 5.69 Å². The summed E-state index contributed by atoms with van der Waals surface area (Å²) in [5, 5.41) is 3.42. The first kappa shape index (κ1) is 34.5. The van der Waals surface area contributed by atoms with E-state index >= 15 is 0 Å². The number of carbonyl (C=O) groups excluding carboxylic acids is 2. The van der Waals surface area contributed by atoms with Crippen molar-refractivity contribution in [2.24, 2.45) is 0 Å². The average molecular weight is 662 g/mol. The molecular weight excluding hydrogens is 622 g/mol. The number of halogens is 1. The van der Waals surface area contributed by atoms with Gasteiger partial charge in [-0.15, -0.1) is 0 Å². The van der Waals surface area contributed by atoms with Gasteiger partial charge < -0.3 is 15.0 Å². The quantitative estimate of drug-likeness (QED) is 0.139. The highest BCUT2D eigenvalue weighted by atomic mass is 35.5. The number of nitrogens with zero attached hydrogens (tertiary/aromatic N) is 2.